The molecule has 13 heavy (non-hydrogen) atoms. The molecule has 1 fully saturated rings. The van der Waals surface area contributed by atoms with Crippen LogP contribution in [0.5, 0.6) is 0 Å². The quantitative estimate of drug-likeness (QED) is 0.700. The number of nitrogens with one attached hydrogen (secondary N) is 1. The van der Waals surface area contributed by atoms with E-state index in [0.29, 0.717) is 18.6 Å². The molecule has 1 saturated carbocycles. The molecule has 78 valence electrons. The van der Waals surface area contributed by atoms with Crippen LogP contribution in [0.2, 0.25) is 0 Å². The molecule has 0 aromatic carbocycles. The first-order chi connectivity index (χ1) is 6.22. The Balaban J connectivity index is 2.10. The number of aliphatic hydroxyl groups excluding tert-OH is 1. The van der Waals surface area contributed by atoms with E-state index >= 15 is 0 Å². The summed E-state index contributed by atoms with van der Waals surface area (Å²) in [6.07, 6.45) is 5.04. The summed E-state index contributed by atoms with van der Waals surface area (Å²) in [5.74, 6) is 1.44. The van der Waals surface area contributed by atoms with Crippen LogP contribution < -0.4 is 5.32 Å². The van der Waals surface area contributed by atoms with Crippen molar-refractivity contribution in [3.63, 3.8) is 0 Å². The summed E-state index contributed by atoms with van der Waals surface area (Å²) in [5, 5.41) is 12.5. The molecule has 2 N–H and O–H groups in total. The Morgan fingerprint density at radius 1 is 1.15 bits per heavy atom. The number of aliphatic hydroxyl groups is 1. The number of hydrogen-bond acceptors (Lipinski definition) is 2. The predicted molar refractivity (Wildman–Crippen MR) is 55.7 cm³/mol. The maximum absolute atomic E-state index is 8.98. The Morgan fingerprint density at radius 2 is 1.69 bits per heavy atom. The van der Waals surface area contributed by atoms with Crippen molar-refractivity contribution in [3.05, 3.63) is 0 Å². The summed E-state index contributed by atoms with van der Waals surface area (Å²) in [6.45, 7) is 5.94. The van der Waals surface area contributed by atoms with Gasteiger partial charge in [-0.1, -0.05) is 13.8 Å². The number of rotatable bonds is 4. The van der Waals surface area contributed by atoms with Crippen molar-refractivity contribution in [1.82, 2.24) is 5.32 Å². The van der Waals surface area contributed by atoms with Crippen molar-refractivity contribution in [1.29, 1.82) is 0 Å². The van der Waals surface area contributed by atoms with Gasteiger partial charge in [-0.05, 0) is 44.1 Å². The molecule has 0 heterocycles. The first-order valence-corrected chi connectivity index (χ1v) is 5.56. The minimum Gasteiger partial charge on any atom is -0.396 e. The SMILES string of the molecule is CC(C)NC[C@H]1CC[C@H](CO)CC1. The van der Waals surface area contributed by atoms with E-state index in [1.54, 1.807) is 0 Å². The van der Waals surface area contributed by atoms with Gasteiger partial charge in [0, 0.05) is 12.6 Å². The van der Waals surface area contributed by atoms with E-state index < -0.39 is 0 Å². The van der Waals surface area contributed by atoms with E-state index in [9.17, 15) is 0 Å². The Morgan fingerprint density at radius 3 is 2.15 bits per heavy atom. The zero-order valence-corrected chi connectivity index (χ0v) is 8.92. The second-order valence-electron chi connectivity index (χ2n) is 4.63. The molecule has 0 aromatic heterocycles. The largest absolute Gasteiger partial charge is 0.396 e. The van der Waals surface area contributed by atoms with Crippen molar-refractivity contribution in [2.24, 2.45) is 11.8 Å². The fourth-order valence-electron chi connectivity index (χ4n) is 2.02. The molecule has 0 bridgehead atoms. The van der Waals surface area contributed by atoms with Gasteiger partial charge in [-0.3, -0.25) is 0 Å². The molecule has 0 unspecified atom stereocenters. The van der Waals surface area contributed by atoms with E-state index in [1.165, 1.54) is 25.7 Å². The van der Waals surface area contributed by atoms with E-state index in [-0.39, 0.29) is 0 Å². The molecule has 2 nitrogen and oxygen atoms in total. The molecule has 2 heteroatoms. The highest BCUT2D eigenvalue weighted by atomic mass is 16.3. The van der Waals surface area contributed by atoms with E-state index in [0.717, 1.165) is 12.5 Å². The van der Waals surface area contributed by atoms with Gasteiger partial charge in [0.25, 0.3) is 0 Å². The zero-order valence-electron chi connectivity index (χ0n) is 8.92. The highest BCUT2D eigenvalue weighted by Gasteiger charge is 2.20. The summed E-state index contributed by atoms with van der Waals surface area (Å²) >= 11 is 0. The molecule has 0 saturated heterocycles. The van der Waals surface area contributed by atoms with Gasteiger partial charge in [-0.2, -0.15) is 0 Å². The maximum Gasteiger partial charge on any atom is 0.0459 e. The highest BCUT2D eigenvalue weighted by molar-refractivity contribution is 4.74. The van der Waals surface area contributed by atoms with Crippen LogP contribution in [-0.2, 0) is 0 Å². The topological polar surface area (TPSA) is 32.3 Å². The van der Waals surface area contributed by atoms with Gasteiger partial charge < -0.3 is 10.4 Å². The average Bonchev–Trinajstić information content (AvgIpc) is 2.15. The number of hydrogen-bond donors (Lipinski definition) is 2. The van der Waals surface area contributed by atoms with Crippen LogP contribution >= 0.6 is 0 Å². The molecule has 0 spiro atoms. The van der Waals surface area contributed by atoms with Crippen LogP contribution in [0.25, 0.3) is 0 Å². The molecule has 0 amide bonds. The Labute approximate surface area is 81.7 Å². The lowest BCUT2D eigenvalue weighted by Gasteiger charge is -2.28. The van der Waals surface area contributed by atoms with Crippen molar-refractivity contribution < 1.29 is 5.11 Å². The molecule has 0 aliphatic heterocycles. The Kier molecular flexibility index (Phi) is 4.74. The van der Waals surface area contributed by atoms with Gasteiger partial charge in [-0.15, -0.1) is 0 Å². The van der Waals surface area contributed by atoms with Crippen molar-refractivity contribution in [2.75, 3.05) is 13.2 Å². The molecule has 0 aromatic rings. The van der Waals surface area contributed by atoms with Gasteiger partial charge in [0.1, 0.15) is 0 Å². The van der Waals surface area contributed by atoms with Crippen LogP contribution in [0.15, 0.2) is 0 Å². The van der Waals surface area contributed by atoms with Gasteiger partial charge in [0.15, 0.2) is 0 Å². The van der Waals surface area contributed by atoms with E-state index in [4.69, 9.17) is 5.11 Å². The zero-order chi connectivity index (χ0) is 9.68. The van der Waals surface area contributed by atoms with Gasteiger partial charge in [-0.25, -0.2) is 0 Å². The predicted octanol–water partition coefficient (Wildman–Crippen LogP) is 1.78. The van der Waals surface area contributed by atoms with E-state index in [2.05, 4.69) is 19.2 Å². The summed E-state index contributed by atoms with van der Waals surface area (Å²) < 4.78 is 0. The second kappa shape index (κ2) is 5.61. The highest BCUT2D eigenvalue weighted by Crippen LogP contribution is 2.27. The molecule has 0 atom stereocenters. The Hall–Kier alpha value is -0.0800. The average molecular weight is 185 g/mol. The minimum atomic E-state index is 0.393. The third-order valence-corrected chi connectivity index (χ3v) is 3.04. The van der Waals surface area contributed by atoms with Crippen molar-refractivity contribution in [3.8, 4) is 0 Å². The van der Waals surface area contributed by atoms with Gasteiger partial charge in [0.05, 0.1) is 0 Å². The van der Waals surface area contributed by atoms with Gasteiger partial charge in [0.2, 0.25) is 0 Å². The summed E-state index contributed by atoms with van der Waals surface area (Å²) in [4.78, 5) is 0. The Bertz CT molecular complexity index is 128. The van der Waals surface area contributed by atoms with Crippen LogP contribution in [0.4, 0.5) is 0 Å². The third kappa shape index (κ3) is 4.10. The first kappa shape index (κ1) is 11.0. The van der Waals surface area contributed by atoms with Crippen LogP contribution in [0.3, 0.4) is 0 Å². The van der Waals surface area contributed by atoms with Crippen LogP contribution in [-0.4, -0.2) is 24.3 Å². The van der Waals surface area contributed by atoms with Crippen LogP contribution in [0.1, 0.15) is 39.5 Å². The first-order valence-electron chi connectivity index (χ1n) is 5.56. The lowest BCUT2D eigenvalue weighted by molar-refractivity contribution is 0.165. The molecule has 1 aliphatic rings. The van der Waals surface area contributed by atoms with Crippen molar-refractivity contribution in [2.45, 2.75) is 45.6 Å². The molecule has 0 radical (unpaired) electrons. The van der Waals surface area contributed by atoms with E-state index in [1.807, 2.05) is 0 Å². The normalized spacial score (nSPS) is 29.5. The standard InChI is InChI=1S/C11H23NO/c1-9(2)12-7-10-3-5-11(8-13)6-4-10/h9-13H,3-8H2,1-2H3/t10-,11-. The molecule has 1 aliphatic carbocycles. The summed E-state index contributed by atoms with van der Waals surface area (Å²) in [7, 11) is 0. The monoisotopic (exact) mass is 185 g/mol. The van der Waals surface area contributed by atoms with Crippen molar-refractivity contribution >= 4 is 0 Å². The maximum atomic E-state index is 8.98. The second-order valence-corrected chi connectivity index (χ2v) is 4.63. The lowest BCUT2D eigenvalue weighted by atomic mass is 9.82. The fraction of sp³-hybridized carbons (Fsp3) is 1.00. The third-order valence-electron chi connectivity index (χ3n) is 3.04. The molecular formula is C11H23NO. The minimum absolute atomic E-state index is 0.393. The lowest BCUT2D eigenvalue weighted by Crippen LogP contribution is -2.31. The smallest absolute Gasteiger partial charge is 0.0459 e. The fourth-order valence-corrected chi connectivity index (χ4v) is 2.02. The molecular weight excluding hydrogens is 162 g/mol. The summed E-state index contributed by atoms with van der Waals surface area (Å²) in [5.41, 5.74) is 0. The van der Waals surface area contributed by atoms with Gasteiger partial charge >= 0.3 is 0 Å². The molecule has 1 rings (SSSR count). The summed E-state index contributed by atoms with van der Waals surface area (Å²) in [6, 6.07) is 0.607. The van der Waals surface area contributed by atoms with Crippen LogP contribution in [0, 0.1) is 11.8 Å².